The molecule has 1 aromatic heterocycles. The molecule has 20 heavy (non-hydrogen) atoms. The third kappa shape index (κ3) is 4.41. The van der Waals surface area contributed by atoms with Crippen LogP contribution in [0.4, 0.5) is 18.9 Å². The summed E-state index contributed by atoms with van der Waals surface area (Å²) in [6.07, 6.45) is -4.40. The molecule has 9 heteroatoms. The Morgan fingerprint density at radius 1 is 1.40 bits per heavy atom. The topological polar surface area (TPSA) is 79.4 Å². The number of ether oxygens (including phenoxy) is 2. The molecule has 0 aromatic carbocycles. The predicted octanol–water partition coefficient (Wildman–Crippen LogP) is 1.53. The lowest BCUT2D eigenvalue weighted by Crippen LogP contribution is -2.21. The van der Waals surface area contributed by atoms with Gasteiger partial charge in [-0.2, -0.15) is 18.3 Å². The van der Waals surface area contributed by atoms with Gasteiger partial charge in [0.1, 0.15) is 13.2 Å². The number of nitrogens with zero attached hydrogens (tertiary/aromatic N) is 2. The summed E-state index contributed by atoms with van der Waals surface area (Å²) >= 11 is 0. The van der Waals surface area contributed by atoms with Crippen LogP contribution in [0.3, 0.4) is 0 Å². The molecule has 0 saturated heterocycles. The van der Waals surface area contributed by atoms with Crippen LogP contribution in [0, 0.1) is 6.92 Å². The fraction of sp³-hybridized carbons (Fsp3) is 0.636. The Balaban J connectivity index is 2.48. The monoisotopic (exact) mass is 295 g/mol. The van der Waals surface area contributed by atoms with E-state index < -0.39 is 18.8 Å². The zero-order chi connectivity index (χ0) is 15.3. The van der Waals surface area contributed by atoms with E-state index in [9.17, 15) is 18.0 Å². The highest BCUT2D eigenvalue weighted by molar-refractivity contribution is 5.93. The van der Waals surface area contributed by atoms with Crippen LogP contribution < -0.4 is 5.73 Å². The molecule has 1 heterocycles. The van der Waals surface area contributed by atoms with Crippen molar-refractivity contribution in [2.45, 2.75) is 26.6 Å². The number of nitrogen functional groups attached to an aromatic ring is 1. The molecule has 0 aliphatic rings. The molecule has 114 valence electrons. The van der Waals surface area contributed by atoms with Gasteiger partial charge >= 0.3 is 12.1 Å². The van der Waals surface area contributed by atoms with Crippen molar-refractivity contribution in [3.8, 4) is 0 Å². The molecule has 2 N–H and O–H groups in total. The summed E-state index contributed by atoms with van der Waals surface area (Å²) in [5.41, 5.74) is 6.50. The van der Waals surface area contributed by atoms with E-state index in [4.69, 9.17) is 10.5 Å². The third-order valence-electron chi connectivity index (χ3n) is 2.39. The predicted molar refractivity (Wildman–Crippen MR) is 64.2 cm³/mol. The number of esters is 1. The van der Waals surface area contributed by atoms with Crippen LogP contribution in [-0.2, 0) is 16.0 Å². The molecule has 1 aromatic rings. The molecule has 0 amide bonds. The van der Waals surface area contributed by atoms with Gasteiger partial charge in [-0.25, -0.2) is 4.79 Å². The van der Waals surface area contributed by atoms with Gasteiger partial charge in [0.2, 0.25) is 0 Å². The molecule has 0 fully saturated rings. The molecule has 6 nitrogen and oxygen atoms in total. The highest BCUT2D eigenvalue weighted by atomic mass is 19.4. The second-order valence-electron chi connectivity index (χ2n) is 3.97. The summed E-state index contributed by atoms with van der Waals surface area (Å²) in [4.78, 5) is 11.8. The largest absolute Gasteiger partial charge is 0.458 e. The van der Waals surface area contributed by atoms with Crippen LogP contribution in [0.2, 0.25) is 0 Å². The Labute approximate surface area is 113 Å². The number of carbonyl (C=O) groups is 1. The SMILES string of the molecule is CCn1nc(C)c(N)c1C(=O)OCCOCC(F)(F)F. The number of hydrogen-bond acceptors (Lipinski definition) is 5. The lowest BCUT2D eigenvalue weighted by Gasteiger charge is -2.09. The van der Waals surface area contributed by atoms with E-state index in [1.807, 2.05) is 0 Å². The van der Waals surface area contributed by atoms with Crippen LogP contribution in [0.5, 0.6) is 0 Å². The van der Waals surface area contributed by atoms with E-state index in [1.165, 1.54) is 4.68 Å². The Morgan fingerprint density at radius 3 is 2.60 bits per heavy atom. The van der Waals surface area contributed by atoms with Gasteiger partial charge < -0.3 is 15.2 Å². The average Bonchev–Trinajstić information content (AvgIpc) is 2.63. The smallest absolute Gasteiger partial charge is 0.411 e. The summed E-state index contributed by atoms with van der Waals surface area (Å²) in [5.74, 6) is -0.736. The normalized spacial score (nSPS) is 11.7. The van der Waals surface area contributed by atoms with Gasteiger partial charge in [-0.05, 0) is 13.8 Å². The molecular weight excluding hydrogens is 279 g/mol. The van der Waals surface area contributed by atoms with E-state index in [1.54, 1.807) is 13.8 Å². The second-order valence-corrected chi connectivity index (χ2v) is 3.97. The van der Waals surface area contributed by atoms with Crippen molar-refractivity contribution in [3.05, 3.63) is 11.4 Å². The second kappa shape index (κ2) is 6.60. The minimum atomic E-state index is -4.40. The van der Waals surface area contributed by atoms with Crippen molar-refractivity contribution in [1.29, 1.82) is 0 Å². The van der Waals surface area contributed by atoms with Gasteiger partial charge in [-0.1, -0.05) is 0 Å². The first-order valence-electron chi connectivity index (χ1n) is 5.90. The zero-order valence-electron chi connectivity index (χ0n) is 11.2. The molecule has 0 aliphatic heterocycles. The number of anilines is 1. The van der Waals surface area contributed by atoms with Gasteiger partial charge in [-0.15, -0.1) is 0 Å². The zero-order valence-corrected chi connectivity index (χ0v) is 11.2. The van der Waals surface area contributed by atoms with E-state index in [-0.39, 0.29) is 24.6 Å². The fourth-order valence-electron chi connectivity index (χ4n) is 1.49. The Bertz CT molecular complexity index is 471. The van der Waals surface area contributed by atoms with Crippen molar-refractivity contribution >= 4 is 11.7 Å². The number of aryl methyl sites for hydroxylation is 2. The first kappa shape index (κ1) is 16.3. The number of carbonyl (C=O) groups excluding carboxylic acids is 1. The lowest BCUT2D eigenvalue weighted by molar-refractivity contribution is -0.175. The quantitative estimate of drug-likeness (QED) is 0.636. The Hall–Kier alpha value is -1.77. The van der Waals surface area contributed by atoms with Crippen LogP contribution in [0.25, 0.3) is 0 Å². The maximum absolute atomic E-state index is 11.8. The summed E-state index contributed by atoms with van der Waals surface area (Å²) < 4.78 is 45.9. The molecule has 0 spiro atoms. The fourth-order valence-corrected chi connectivity index (χ4v) is 1.49. The summed E-state index contributed by atoms with van der Waals surface area (Å²) in [6, 6.07) is 0. The standard InChI is InChI=1S/C11H16F3N3O3/c1-3-17-9(8(15)7(2)16-17)10(18)20-5-4-19-6-11(12,13)14/h3-6,15H2,1-2H3. The van der Waals surface area contributed by atoms with E-state index in [0.717, 1.165) is 0 Å². The average molecular weight is 295 g/mol. The number of halogens is 3. The Morgan fingerprint density at radius 2 is 2.05 bits per heavy atom. The van der Waals surface area contributed by atoms with Gasteiger partial charge in [0, 0.05) is 6.54 Å². The van der Waals surface area contributed by atoms with E-state index >= 15 is 0 Å². The van der Waals surface area contributed by atoms with E-state index in [2.05, 4.69) is 9.84 Å². The molecule has 0 aliphatic carbocycles. The van der Waals surface area contributed by atoms with Gasteiger partial charge in [0.05, 0.1) is 18.0 Å². The van der Waals surface area contributed by atoms with Crippen LogP contribution in [0.15, 0.2) is 0 Å². The lowest BCUT2D eigenvalue weighted by atomic mass is 10.3. The third-order valence-corrected chi connectivity index (χ3v) is 2.39. The maximum atomic E-state index is 11.8. The number of hydrogen-bond donors (Lipinski definition) is 1. The minimum Gasteiger partial charge on any atom is -0.458 e. The molecule has 0 saturated carbocycles. The molecule has 0 atom stereocenters. The summed E-state index contributed by atoms with van der Waals surface area (Å²) in [6.45, 7) is 1.83. The molecule has 0 radical (unpaired) electrons. The van der Waals surface area contributed by atoms with Crippen molar-refractivity contribution in [1.82, 2.24) is 9.78 Å². The Kier molecular flexibility index (Phi) is 5.37. The van der Waals surface area contributed by atoms with Gasteiger partial charge in [-0.3, -0.25) is 4.68 Å². The first-order chi connectivity index (χ1) is 9.26. The maximum Gasteiger partial charge on any atom is 0.411 e. The van der Waals surface area contributed by atoms with Crippen molar-refractivity contribution in [2.75, 3.05) is 25.6 Å². The van der Waals surface area contributed by atoms with Crippen molar-refractivity contribution < 1.29 is 27.4 Å². The highest BCUT2D eigenvalue weighted by Gasteiger charge is 2.27. The summed E-state index contributed by atoms with van der Waals surface area (Å²) in [5, 5.41) is 4.04. The molecular formula is C11H16F3N3O3. The van der Waals surface area contributed by atoms with Crippen LogP contribution in [-0.4, -0.2) is 41.7 Å². The summed E-state index contributed by atoms with van der Waals surface area (Å²) in [7, 11) is 0. The van der Waals surface area contributed by atoms with Gasteiger partial charge in [0.25, 0.3) is 0 Å². The number of alkyl halides is 3. The molecule has 1 rings (SSSR count). The first-order valence-corrected chi connectivity index (χ1v) is 5.90. The number of nitrogens with two attached hydrogens (primary N) is 1. The van der Waals surface area contributed by atoms with Gasteiger partial charge in [0.15, 0.2) is 5.69 Å². The number of rotatable bonds is 6. The van der Waals surface area contributed by atoms with E-state index in [0.29, 0.717) is 12.2 Å². The van der Waals surface area contributed by atoms with Crippen LogP contribution in [0.1, 0.15) is 23.1 Å². The van der Waals surface area contributed by atoms with Crippen molar-refractivity contribution in [2.24, 2.45) is 0 Å². The molecule has 0 unspecified atom stereocenters. The molecule has 0 bridgehead atoms. The highest BCUT2D eigenvalue weighted by Crippen LogP contribution is 2.17. The minimum absolute atomic E-state index is 0.0980. The number of aromatic nitrogens is 2. The van der Waals surface area contributed by atoms with Crippen LogP contribution >= 0.6 is 0 Å². The van der Waals surface area contributed by atoms with Crippen molar-refractivity contribution in [3.63, 3.8) is 0 Å².